The molecule has 0 aliphatic heterocycles. The van der Waals surface area contributed by atoms with Crippen molar-refractivity contribution in [3.05, 3.63) is 16.8 Å². The van der Waals surface area contributed by atoms with Gasteiger partial charge in [-0.05, 0) is 6.07 Å². The van der Waals surface area contributed by atoms with Gasteiger partial charge in [-0.2, -0.15) is 0 Å². The van der Waals surface area contributed by atoms with Crippen LogP contribution in [0, 0.1) is 0 Å². The maximum Gasteiger partial charge on any atom is 0.272 e. The van der Waals surface area contributed by atoms with E-state index in [0.29, 0.717) is 0 Å². The number of hydrogen-bond acceptors (Lipinski definition) is 6. The molecule has 1 heterocycles. The molecule has 1 aromatic heterocycles. The number of hydrogen-bond donors (Lipinski definition) is 3. The minimum absolute atomic E-state index is 0.0613. The number of alkyl halides is 2. The Bertz CT molecular complexity index is 561. The van der Waals surface area contributed by atoms with Crippen LogP contribution in [0.25, 0.3) is 0 Å². The van der Waals surface area contributed by atoms with Crippen LogP contribution in [0.5, 0.6) is 0 Å². The summed E-state index contributed by atoms with van der Waals surface area (Å²) in [5.74, 6) is -4.61. The van der Waals surface area contributed by atoms with Crippen molar-refractivity contribution in [2.24, 2.45) is 5.73 Å². The number of anilines is 1. The molecule has 1 rings (SSSR count). The SMILES string of the molecule is [2H]C([2H])(N)C(F)(F)C([2H])([2H])N[C@H](COC)c1cc(N)nnc1Cl. The quantitative estimate of drug-likeness (QED) is 0.681. The largest absolute Gasteiger partial charge is 0.383 e. The molecule has 0 aliphatic rings. The molecule has 6 nitrogen and oxygen atoms in total. The fourth-order valence-electron chi connectivity index (χ4n) is 1.24. The Kier molecular flexibility index (Phi) is 3.87. The van der Waals surface area contributed by atoms with Crippen molar-refractivity contribution in [3.63, 3.8) is 0 Å². The molecule has 0 bridgehead atoms. The van der Waals surface area contributed by atoms with Gasteiger partial charge in [0.25, 0.3) is 5.92 Å². The molecule has 19 heavy (non-hydrogen) atoms. The highest BCUT2D eigenvalue weighted by atomic mass is 35.5. The van der Waals surface area contributed by atoms with E-state index in [9.17, 15) is 8.78 Å². The topological polar surface area (TPSA) is 99.1 Å². The van der Waals surface area contributed by atoms with Crippen molar-refractivity contribution in [1.29, 1.82) is 0 Å². The minimum Gasteiger partial charge on any atom is -0.383 e. The van der Waals surface area contributed by atoms with E-state index >= 15 is 0 Å². The van der Waals surface area contributed by atoms with Gasteiger partial charge in [-0.1, -0.05) is 11.6 Å². The van der Waals surface area contributed by atoms with Crippen molar-refractivity contribution in [3.8, 4) is 0 Å². The van der Waals surface area contributed by atoms with Crippen LogP contribution in [0.2, 0.25) is 5.15 Å². The summed E-state index contributed by atoms with van der Waals surface area (Å²) < 4.78 is 61.6. The lowest BCUT2D eigenvalue weighted by molar-refractivity contribution is 0.00617. The lowest BCUT2D eigenvalue weighted by Crippen LogP contribution is -2.41. The maximum atomic E-state index is 13.9. The normalized spacial score (nSPS) is 18.2. The van der Waals surface area contributed by atoms with Crippen molar-refractivity contribution < 1.29 is 19.0 Å². The summed E-state index contributed by atoms with van der Waals surface area (Å²) in [5.41, 5.74) is 10.3. The van der Waals surface area contributed by atoms with Gasteiger partial charge in [-0.15, -0.1) is 10.2 Å². The number of nitrogens with zero attached hydrogens (tertiary/aromatic N) is 2. The van der Waals surface area contributed by atoms with Crippen molar-refractivity contribution in [1.82, 2.24) is 15.5 Å². The summed E-state index contributed by atoms with van der Waals surface area (Å²) in [4.78, 5) is 0. The zero-order valence-electron chi connectivity index (χ0n) is 14.0. The molecule has 0 saturated heterocycles. The summed E-state index contributed by atoms with van der Waals surface area (Å²) in [7, 11) is 1.26. The number of nitrogens with one attached hydrogen (secondary N) is 1. The van der Waals surface area contributed by atoms with E-state index in [4.69, 9.17) is 33.3 Å². The monoisotopic (exact) mass is 299 g/mol. The first-order valence-electron chi connectivity index (χ1n) is 7.05. The fraction of sp³-hybridized carbons (Fsp3) is 0.600. The molecule has 0 radical (unpaired) electrons. The number of halogens is 3. The summed E-state index contributed by atoms with van der Waals surface area (Å²) in [6, 6.07) is 0.0191. The third kappa shape index (κ3) is 4.83. The molecule has 0 spiro atoms. The summed E-state index contributed by atoms with van der Waals surface area (Å²) in [6.45, 7) is -7.38. The second-order valence-corrected chi connectivity index (χ2v) is 3.87. The second kappa shape index (κ2) is 6.90. The summed E-state index contributed by atoms with van der Waals surface area (Å²) in [5, 5.41) is 8.75. The molecule has 0 aliphatic carbocycles. The van der Waals surface area contributed by atoms with Crippen LogP contribution < -0.4 is 16.8 Å². The Hall–Kier alpha value is -1.09. The van der Waals surface area contributed by atoms with Gasteiger partial charge in [0.05, 0.1) is 25.6 Å². The van der Waals surface area contributed by atoms with Crippen LogP contribution in [-0.4, -0.2) is 42.8 Å². The third-order valence-corrected chi connectivity index (χ3v) is 2.38. The van der Waals surface area contributed by atoms with E-state index in [0.717, 1.165) is 0 Å². The Labute approximate surface area is 120 Å². The van der Waals surface area contributed by atoms with Crippen LogP contribution in [0.4, 0.5) is 14.6 Å². The van der Waals surface area contributed by atoms with Crippen LogP contribution in [-0.2, 0) is 4.74 Å². The Morgan fingerprint density at radius 2 is 2.32 bits per heavy atom. The molecular formula is C10H16ClF2N5O. The predicted molar refractivity (Wildman–Crippen MR) is 68.1 cm³/mol. The molecule has 5 N–H and O–H groups in total. The van der Waals surface area contributed by atoms with E-state index in [1.165, 1.54) is 13.2 Å². The predicted octanol–water partition coefficient (Wildman–Crippen LogP) is 0.583. The number of nitrogen functional groups attached to an aromatic ring is 1. The van der Waals surface area contributed by atoms with Crippen molar-refractivity contribution in [2.45, 2.75) is 12.0 Å². The summed E-state index contributed by atoms with van der Waals surface area (Å²) >= 11 is 5.83. The first kappa shape index (κ1) is 10.7. The van der Waals surface area contributed by atoms with E-state index in [2.05, 4.69) is 10.2 Å². The zero-order chi connectivity index (χ0) is 18.1. The molecule has 1 aromatic rings. The Morgan fingerprint density at radius 3 is 2.89 bits per heavy atom. The molecule has 0 fully saturated rings. The van der Waals surface area contributed by atoms with Gasteiger partial charge >= 0.3 is 0 Å². The molecule has 0 aromatic carbocycles. The number of ether oxygens (including phenoxy) is 1. The highest BCUT2D eigenvalue weighted by molar-refractivity contribution is 6.30. The first-order valence-corrected chi connectivity index (χ1v) is 5.43. The van der Waals surface area contributed by atoms with Gasteiger partial charge in [-0.25, -0.2) is 8.78 Å². The number of rotatable bonds is 7. The average molecular weight is 300 g/mol. The highest BCUT2D eigenvalue weighted by Gasteiger charge is 2.28. The molecule has 0 saturated carbocycles. The van der Waals surface area contributed by atoms with Crippen LogP contribution in [0.3, 0.4) is 0 Å². The molecule has 0 amide bonds. The third-order valence-electron chi connectivity index (χ3n) is 2.09. The van der Waals surface area contributed by atoms with Crippen LogP contribution >= 0.6 is 11.6 Å². The van der Waals surface area contributed by atoms with Gasteiger partial charge in [0.1, 0.15) is 5.82 Å². The fourth-order valence-corrected chi connectivity index (χ4v) is 1.47. The highest BCUT2D eigenvalue weighted by Crippen LogP contribution is 2.23. The van der Waals surface area contributed by atoms with Crippen molar-refractivity contribution >= 4 is 17.4 Å². The lowest BCUT2D eigenvalue weighted by Gasteiger charge is -2.22. The summed E-state index contributed by atoms with van der Waals surface area (Å²) in [6.07, 6.45) is 0. The van der Waals surface area contributed by atoms with Crippen LogP contribution in [0.15, 0.2) is 6.07 Å². The van der Waals surface area contributed by atoms with E-state index in [-0.39, 0.29) is 23.1 Å². The average Bonchev–Trinajstić information content (AvgIpc) is 2.39. The molecular weight excluding hydrogens is 280 g/mol. The second-order valence-electron chi connectivity index (χ2n) is 3.51. The van der Waals surface area contributed by atoms with Gasteiger partial charge in [0.15, 0.2) is 5.15 Å². The van der Waals surface area contributed by atoms with Crippen LogP contribution in [0.1, 0.15) is 17.1 Å². The number of aromatic nitrogens is 2. The van der Waals surface area contributed by atoms with Gasteiger partial charge < -0.3 is 21.5 Å². The minimum atomic E-state index is -4.55. The van der Waals surface area contributed by atoms with E-state index in [1.807, 2.05) is 5.32 Å². The smallest absolute Gasteiger partial charge is 0.272 e. The Morgan fingerprint density at radius 1 is 1.63 bits per heavy atom. The number of nitrogens with two attached hydrogens (primary N) is 2. The van der Waals surface area contributed by atoms with Gasteiger partial charge in [-0.3, -0.25) is 0 Å². The van der Waals surface area contributed by atoms with Gasteiger partial charge in [0, 0.05) is 18.2 Å². The molecule has 1 atom stereocenters. The molecule has 108 valence electrons. The lowest BCUT2D eigenvalue weighted by atomic mass is 10.1. The van der Waals surface area contributed by atoms with Gasteiger partial charge in [0.2, 0.25) is 0 Å². The van der Waals surface area contributed by atoms with Crippen molar-refractivity contribution in [2.75, 3.05) is 32.4 Å². The van der Waals surface area contributed by atoms with E-state index in [1.54, 1.807) is 0 Å². The zero-order valence-corrected chi connectivity index (χ0v) is 10.7. The van der Waals surface area contributed by atoms with E-state index < -0.39 is 25.0 Å². The molecule has 9 heteroatoms. The molecule has 0 unspecified atom stereocenters. The number of methoxy groups -OCH3 is 1. The standard InChI is InChI=1S/C10H16ClF2N5O/c1-19-3-7(16-5-10(12,13)4-14)6-2-8(15)17-18-9(6)11/h2,7,16H,3-5,14H2,1H3,(H2,15,17)/t7-/m1/s1/i4D2,5D2. The maximum absolute atomic E-state index is 13.9. The Balaban J connectivity index is 3.20. The first-order chi connectivity index (χ1) is 10.3.